The minimum atomic E-state index is -0.188. The van der Waals surface area contributed by atoms with Gasteiger partial charge in [-0.25, -0.2) is 0 Å². The Morgan fingerprint density at radius 2 is 1.81 bits per heavy atom. The third kappa shape index (κ3) is 4.85. The second-order valence-electron chi connectivity index (χ2n) is 7.99. The molecule has 7 heteroatoms. The number of carbonyl (C=O) groups is 2. The number of rotatable bonds is 5. The first-order chi connectivity index (χ1) is 14.9. The van der Waals surface area contributed by atoms with E-state index in [9.17, 15) is 9.59 Å². The second kappa shape index (κ2) is 9.02. The van der Waals surface area contributed by atoms with Crippen LogP contribution in [0, 0.1) is 13.8 Å². The molecule has 2 aromatic carbocycles. The molecule has 6 nitrogen and oxygen atoms in total. The SMILES string of the molecule is Cc1cc2occ(CC(=O)NCC(=O)N3CCN(c4cccc(Cl)c4)CC3)c2cc1C. The Morgan fingerprint density at radius 1 is 1.06 bits per heavy atom. The smallest absolute Gasteiger partial charge is 0.242 e. The third-order valence-corrected chi connectivity index (χ3v) is 6.10. The first kappa shape index (κ1) is 21.2. The standard InChI is InChI=1S/C24H26ClN3O3/c1-16-10-21-18(15-31-22(21)11-17(16)2)12-23(29)26-14-24(30)28-8-6-27(7-9-28)20-5-3-4-19(25)13-20/h3-5,10-11,13,15H,6-9,12,14H2,1-2H3,(H,26,29). The molecule has 1 aliphatic rings. The Bertz CT molecular complexity index is 1120. The molecule has 4 rings (SSSR count). The number of hydrogen-bond donors (Lipinski definition) is 1. The first-order valence-corrected chi connectivity index (χ1v) is 10.8. The van der Waals surface area contributed by atoms with E-state index in [2.05, 4.69) is 10.2 Å². The molecular formula is C24H26ClN3O3. The van der Waals surface area contributed by atoms with Gasteiger partial charge in [0.25, 0.3) is 0 Å². The molecule has 2 heterocycles. The van der Waals surface area contributed by atoms with Gasteiger partial charge in [0.1, 0.15) is 5.58 Å². The normalized spacial score (nSPS) is 14.2. The van der Waals surface area contributed by atoms with E-state index in [0.29, 0.717) is 18.1 Å². The number of piperazine rings is 1. The molecule has 1 N–H and O–H groups in total. The Labute approximate surface area is 186 Å². The van der Waals surface area contributed by atoms with Gasteiger partial charge in [-0.1, -0.05) is 17.7 Å². The number of amides is 2. The van der Waals surface area contributed by atoms with Crippen LogP contribution in [0.15, 0.2) is 47.1 Å². The minimum absolute atomic E-state index is 0.00389. The van der Waals surface area contributed by atoms with Gasteiger partial charge < -0.3 is 19.5 Å². The van der Waals surface area contributed by atoms with E-state index in [4.69, 9.17) is 16.0 Å². The van der Waals surface area contributed by atoms with Crippen molar-refractivity contribution in [3.8, 4) is 0 Å². The third-order valence-electron chi connectivity index (χ3n) is 5.86. The molecule has 1 saturated heterocycles. The monoisotopic (exact) mass is 439 g/mol. The highest BCUT2D eigenvalue weighted by atomic mass is 35.5. The summed E-state index contributed by atoms with van der Waals surface area (Å²) in [7, 11) is 0. The lowest BCUT2D eigenvalue weighted by Gasteiger charge is -2.36. The summed E-state index contributed by atoms with van der Waals surface area (Å²) in [6.07, 6.45) is 1.81. The molecule has 3 aromatic rings. The van der Waals surface area contributed by atoms with Gasteiger partial charge in [0.15, 0.2) is 0 Å². The number of nitrogens with one attached hydrogen (secondary N) is 1. The zero-order valence-electron chi connectivity index (χ0n) is 17.8. The fourth-order valence-corrected chi connectivity index (χ4v) is 4.07. The molecule has 0 radical (unpaired) electrons. The van der Waals surface area contributed by atoms with Crippen molar-refractivity contribution in [1.29, 1.82) is 0 Å². The maximum absolute atomic E-state index is 12.5. The number of aryl methyl sites for hydroxylation is 2. The van der Waals surface area contributed by atoms with Crippen molar-refractivity contribution >= 4 is 40.1 Å². The lowest BCUT2D eigenvalue weighted by atomic mass is 10.0. The van der Waals surface area contributed by atoms with Crippen LogP contribution < -0.4 is 10.2 Å². The summed E-state index contributed by atoms with van der Waals surface area (Å²) in [5.41, 5.74) is 4.98. The molecule has 0 atom stereocenters. The Hall–Kier alpha value is -2.99. The van der Waals surface area contributed by atoms with Gasteiger partial charge >= 0.3 is 0 Å². The van der Waals surface area contributed by atoms with Crippen LogP contribution in [-0.2, 0) is 16.0 Å². The predicted molar refractivity (Wildman–Crippen MR) is 123 cm³/mol. The number of anilines is 1. The molecule has 1 fully saturated rings. The summed E-state index contributed by atoms with van der Waals surface area (Å²) in [4.78, 5) is 29.0. The molecule has 1 aromatic heterocycles. The zero-order valence-corrected chi connectivity index (χ0v) is 18.5. The number of fused-ring (bicyclic) bond motifs is 1. The molecule has 162 valence electrons. The van der Waals surface area contributed by atoms with E-state index < -0.39 is 0 Å². The number of furan rings is 1. The van der Waals surface area contributed by atoms with Gasteiger partial charge in [0.05, 0.1) is 19.2 Å². The summed E-state index contributed by atoms with van der Waals surface area (Å²) >= 11 is 6.07. The average Bonchev–Trinajstić information content (AvgIpc) is 3.13. The van der Waals surface area contributed by atoms with E-state index in [-0.39, 0.29) is 24.8 Å². The summed E-state index contributed by atoms with van der Waals surface area (Å²) in [6, 6.07) is 11.8. The highest BCUT2D eigenvalue weighted by molar-refractivity contribution is 6.30. The Kier molecular flexibility index (Phi) is 6.18. The highest BCUT2D eigenvalue weighted by Gasteiger charge is 2.22. The van der Waals surface area contributed by atoms with Gasteiger partial charge in [-0.15, -0.1) is 0 Å². The largest absolute Gasteiger partial charge is 0.464 e. The van der Waals surface area contributed by atoms with Gasteiger partial charge in [-0.05, 0) is 55.3 Å². The zero-order chi connectivity index (χ0) is 22.0. The van der Waals surface area contributed by atoms with Crippen molar-refractivity contribution < 1.29 is 14.0 Å². The van der Waals surface area contributed by atoms with Crippen molar-refractivity contribution in [3.63, 3.8) is 0 Å². The fourth-order valence-electron chi connectivity index (χ4n) is 3.88. The van der Waals surface area contributed by atoms with Crippen LogP contribution in [0.1, 0.15) is 16.7 Å². The van der Waals surface area contributed by atoms with Crippen LogP contribution in [0.3, 0.4) is 0 Å². The van der Waals surface area contributed by atoms with E-state index in [1.54, 1.807) is 11.2 Å². The fraction of sp³-hybridized carbons (Fsp3) is 0.333. The van der Waals surface area contributed by atoms with Crippen molar-refractivity contribution in [1.82, 2.24) is 10.2 Å². The van der Waals surface area contributed by atoms with Crippen LogP contribution in [0.25, 0.3) is 11.0 Å². The summed E-state index contributed by atoms with van der Waals surface area (Å²) in [5.74, 6) is -0.255. The summed E-state index contributed by atoms with van der Waals surface area (Å²) in [5, 5.41) is 4.41. The van der Waals surface area contributed by atoms with E-state index in [0.717, 1.165) is 46.4 Å². The van der Waals surface area contributed by atoms with Crippen LogP contribution in [0.2, 0.25) is 5.02 Å². The number of nitrogens with zero attached hydrogens (tertiary/aromatic N) is 2. The molecule has 31 heavy (non-hydrogen) atoms. The van der Waals surface area contributed by atoms with Crippen LogP contribution in [0.4, 0.5) is 5.69 Å². The average molecular weight is 440 g/mol. The maximum atomic E-state index is 12.5. The maximum Gasteiger partial charge on any atom is 0.242 e. The second-order valence-corrected chi connectivity index (χ2v) is 8.43. The number of halogens is 1. The number of benzene rings is 2. The lowest BCUT2D eigenvalue weighted by molar-refractivity contribution is -0.133. The van der Waals surface area contributed by atoms with Crippen LogP contribution in [0.5, 0.6) is 0 Å². The van der Waals surface area contributed by atoms with E-state index in [1.165, 1.54) is 0 Å². The molecular weight excluding hydrogens is 414 g/mol. The number of hydrogen-bond acceptors (Lipinski definition) is 4. The van der Waals surface area contributed by atoms with Crippen molar-refractivity contribution in [2.24, 2.45) is 0 Å². The van der Waals surface area contributed by atoms with Gasteiger partial charge in [-0.2, -0.15) is 0 Å². The lowest BCUT2D eigenvalue weighted by Crippen LogP contribution is -2.51. The first-order valence-electron chi connectivity index (χ1n) is 10.4. The minimum Gasteiger partial charge on any atom is -0.464 e. The molecule has 0 aliphatic carbocycles. The molecule has 1 aliphatic heterocycles. The molecule has 0 bridgehead atoms. The van der Waals surface area contributed by atoms with Crippen molar-refractivity contribution in [2.45, 2.75) is 20.3 Å². The number of carbonyl (C=O) groups excluding carboxylic acids is 2. The highest BCUT2D eigenvalue weighted by Crippen LogP contribution is 2.25. The van der Waals surface area contributed by atoms with E-state index in [1.807, 2.05) is 50.2 Å². The molecule has 0 unspecified atom stereocenters. The van der Waals surface area contributed by atoms with Gasteiger partial charge in [0.2, 0.25) is 11.8 Å². The van der Waals surface area contributed by atoms with Crippen molar-refractivity contribution in [3.05, 3.63) is 64.4 Å². The summed E-state index contributed by atoms with van der Waals surface area (Å²) in [6.45, 7) is 6.78. The van der Waals surface area contributed by atoms with Gasteiger partial charge in [0, 0.05) is 47.8 Å². The Morgan fingerprint density at radius 3 is 2.55 bits per heavy atom. The molecule has 0 saturated carbocycles. The quantitative estimate of drug-likeness (QED) is 0.658. The van der Waals surface area contributed by atoms with Crippen LogP contribution in [-0.4, -0.2) is 49.4 Å². The van der Waals surface area contributed by atoms with Crippen LogP contribution >= 0.6 is 11.6 Å². The van der Waals surface area contributed by atoms with E-state index >= 15 is 0 Å². The topological polar surface area (TPSA) is 65.8 Å². The Balaban J connectivity index is 1.27. The predicted octanol–water partition coefficient (Wildman–Crippen LogP) is 3.71. The molecule has 0 spiro atoms. The van der Waals surface area contributed by atoms with Gasteiger partial charge in [-0.3, -0.25) is 9.59 Å². The summed E-state index contributed by atoms with van der Waals surface area (Å²) < 4.78 is 5.59. The van der Waals surface area contributed by atoms with Crippen molar-refractivity contribution in [2.75, 3.05) is 37.6 Å². The molecule has 2 amide bonds.